The van der Waals surface area contributed by atoms with E-state index in [2.05, 4.69) is 25.3 Å². The molecule has 110 valence electrons. The van der Waals surface area contributed by atoms with E-state index in [-0.39, 0.29) is 0 Å². The molecule has 2 aromatic carbocycles. The Bertz CT molecular complexity index is 607. The monoisotopic (exact) mass is 318 g/mol. The number of benzene rings is 2. The van der Waals surface area contributed by atoms with Crippen molar-refractivity contribution in [2.45, 2.75) is 23.3 Å². The molecule has 0 aliphatic heterocycles. The number of thiol groups is 2. The number of rotatable bonds is 4. The van der Waals surface area contributed by atoms with Crippen LogP contribution >= 0.6 is 25.3 Å². The Morgan fingerprint density at radius 1 is 0.905 bits per heavy atom. The maximum absolute atomic E-state index is 12.5. The first-order valence-electron chi connectivity index (χ1n) is 6.63. The smallest absolute Gasteiger partial charge is 0.338 e. The minimum absolute atomic E-state index is 0.485. The van der Waals surface area contributed by atoms with Crippen LogP contribution < -0.4 is 4.74 Å². The first-order valence-corrected chi connectivity index (χ1v) is 7.53. The molecule has 0 saturated carbocycles. The van der Waals surface area contributed by atoms with E-state index in [9.17, 15) is 4.79 Å². The third-order valence-electron chi connectivity index (χ3n) is 3.61. The van der Waals surface area contributed by atoms with Gasteiger partial charge in [-0.25, -0.2) is 4.79 Å². The second kappa shape index (κ2) is 6.16. The molecule has 2 aromatic rings. The maximum Gasteiger partial charge on any atom is 0.338 e. The van der Waals surface area contributed by atoms with Crippen molar-refractivity contribution in [3.8, 4) is 5.75 Å². The number of hydrogen-bond donors (Lipinski definition) is 2. The fraction of sp³-hybridized carbons (Fsp3) is 0.235. The average Bonchev–Trinajstić information content (AvgIpc) is 2.49. The Hall–Kier alpha value is -1.39. The largest absolute Gasteiger partial charge is 0.425 e. The van der Waals surface area contributed by atoms with Gasteiger partial charge in [-0.15, -0.1) is 25.3 Å². The summed E-state index contributed by atoms with van der Waals surface area (Å²) in [6, 6.07) is 18.6. The SMILES string of the molecule is CC(C)(c1ccccc1)C(S)(S)C(=O)Oc1ccccc1. The van der Waals surface area contributed by atoms with E-state index in [1.807, 2.05) is 62.4 Å². The van der Waals surface area contributed by atoms with Gasteiger partial charge in [-0.2, -0.15) is 0 Å². The first-order chi connectivity index (χ1) is 9.85. The average molecular weight is 318 g/mol. The zero-order valence-corrected chi connectivity index (χ0v) is 13.8. The molecule has 21 heavy (non-hydrogen) atoms. The summed E-state index contributed by atoms with van der Waals surface area (Å²) < 4.78 is 4.14. The van der Waals surface area contributed by atoms with Crippen molar-refractivity contribution in [1.82, 2.24) is 0 Å². The van der Waals surface area contributed by atoms with Gasteiger partial charge in [0, 0.05) is 5.41 Å². The van der Waals surface area contributed by atoms with Gasteiger partial charge in [0.1, 0.15) is 5.75 Å². The summed E-state index contributed by atoms with van der Waals surface area (Å²) in [5.41, 5.74) is 0.367. The van der Waals surface area contributed by atoms with Crippen molar-refractivity contribution in [2.24, 2.45) is 0 Å². The molecule has 0 atom stereocenters. The van der Waals surface area contributed by atoms with Crippen LogP contribution in [0.25, 0.3) is 0 Å². The third-order valence-corrected chi connectivity index (χ3v) is 5.09. The van der Waals surface area contributed by atoms with Crippen LogP contribution in [0.4, 0.5) is 0 Å². The molecule has 0 fully saturated rings. The Morgan fingerprint density at radius 3 is 1.90 bits per heavy atom. The maximum atomic E-state index is 12.5. The molecule has 0 saturated heterocycles. The normalized spacial score (nSPS) is 12.0. The second-order valence-electron chi connectivity index (χ2n) is 5.37. The van der Waals surface area contributed by atoms with Gasteiger partial charge in [0.05, 0.1) is 0 Å². The van der Waals surface area contributed by atoms with Crippen molar-refractivity contribution in [3.05, 3.63) is 66.2 Å². The Morgan fingerprint density at radius 2 is 1.38 bits per heavy atom. The van der Waals surface area contributed by atoms with Crippen molar-refractivity contribution >= 4 is 31.2 Å². The first kappa shape index (κ1) is 16.0. The highest BCUT2D eigenvalue weighted by atomic mass is 32.2. The van der Waals surface area contributed by atoms with E-state index in [1.54, 1.807) is 12.1 Å². The molecule has 0 aliphatic carbocycles. The second-order valence-corrected chi connectivity index (χ2v) is 7.06. The van der Waals surface area contributed by atoms with Gasteiger partial charge >= 0.3 is 5.97 Å². The van der Waals surface area contributed by atoms with E-state index in [4.69, 9.17) is 4.74 Å². The lowest BCUT2D eigenvalue weighted by molar-refractivity contribution is -0.135. The molecule has 0 spiro atoms. The van der Waals surface area contributed by atoms with Gasteiger partial charge in [-0.3, -0.25) is 0 Å². The Labute approximate surface area is 136 Å². The van der Waals surface area contributed by atoms with Crippen molar-refractivity contribution in [1.29, 1.82) is 0 Å². The predicted octanol–water partition coefficient (Wildman–Crippen LogP) is 4.13. The van der Waals surface area contributed by atoms with Crippen LogP contribution in [-0.2, 0) is 10.2 Å². The minimum atomic E-state index is -1.26. The van der Waals surface area contributed by atoms with Crippen LogP contribution in [0.1, 0.15) is 19.4 Å². The summed E-state index contributed by atoms with van der Waals surface area (Å²) in [5, 5.41) is 0. The Balaban J connectivity index is 2.26. The number of carbonyl (C=O) groups is 1. The summed E-state index contributed by atoms with van der Waals surface area (Å²) in [6.45, 7) is 3.85. The van der Waals surface area contributed by atoms with Gasteiger partial charge in [-0.1, -0.05) is 62.4 Å². The van der Waals surface area contributed by atoms with Gasteiger partial charge in [0.25, 0.3) is 0 Å². The lowest BCUT2D eigenvalue weighted by Gasteiger charge is -2.37. The summed E-state index contributed by atoms with van der Waals surface area (Å²) in [5.74, 6) is -0.00643. The van der Waals surface area contributed by atoms with Gasteiger partial charge in [-0.05, 0) is 17.7 Å². The molecule has 0 N–H and O–H groups in total. The molecule has 0 unspecified atom stereocenters. The highest BCUT2D eigenvalue weighted by molar-refractivity contribution is 8.02. The molecule has 0 aliphatic rings. The number of ether oxygens (including phenoxy) is 1. The van der Waals surface area contributed by atoms with Gasteiger partial charge in [0.2, 0.25) is 0 Å². The third kappa shape index (κ3) is 3.27. The topological polar surface area (TPSA) is 26.3 Å². The molecule has 2 rings (SSSR count). The number of para-hydroxylation sites is 1. The van der Waals surface area contributed by atoms with E-state index in [1.165, 1.54) is 0 Å². The lowest BCUT2D eigenvalue weighted by atomic mass is 9.80. The Kier molecular flexibility index (Phi) is 4.69. The van der Waals surface area contributed by atoms with Gasteiger partial charge in [0.15, 0.2) is 4.08 Å². The lowest BCUT2D eigenvalue weighted by Crippen LogP contribution is -2.47. The van der Waals surface area contributed by atoms with E-state index < -0.39 is 15.5 Å². The van der Waals surface area contributed by atoms with Crippen LogP contribution in [0.5, 0.6) is 5.75 Å². The molecule has 0 bridgehead atoms. The molecular weight excluding hydrogens is 300 g/mol. The zero-order chi connectivity index (χ0) is 15.5. The number of esters is 1. The standard InChI is InChI=1S/C17H18O2S2/c1-16(2,13-9-5-3-6-10-13)17(20,21)15(18)19-14-11-7-4-8-12-14/h3-12,20-21H,1-2H3. The summed E-state index contributed by atoms with van der Waals surface area (Å²) in [6.07, 6.45) is 0. The van der Waals surface area contributed by atoms with Crippen molar-refractivity contribution < 1.29 is 9.53 Å². The highest BCUT2D eigenvalue weighted by Crippen LogP contribution is 2.43. The summed E-state index contributed by atoms with van der Waals surface area (Å²) in [7, 11) is 0. The van der Waals surface area contributed by atoms with Gasteiger partial charge < -0.3 is 4.74 Å². The van der Waals surface area contributed by atoms with E-state index in [0.29, 0.717) is 5.75 Å². The fourth-order valence-electron chi connectivity index (χ4n) is 1.98. The van der Waals surface area contributed by atoms with Crippen LogP contribution in [0, 0.1) is 0 Å². The van der Waals surface area contributed by atoms with Crippen LogP contribution in [0.3, 0.4) is 0 Å². The molecule has 0 heterocycles. The number of carbonyl (C=O) groups excluding carboxylic acids is 1. The molecule has 0 radical (unpaired) electrons. The molecule has 2 nitrogen and oxygen atoms in total. The minimum Gasteiger partial charge on any atom is -0.425 e. The van der Waals surface area contributed by atoms with Crippen LogP contribution in [-0.4, -0.2) is 10.0 Å². The van der Waals surface area contributed by atoms with E-state index >= 15 is 0 Å². The quantitative estimate of drug-likeness (QED) is 0.384. The molecule has 0 amide bonds. The summed E-state index contributed by atoms with van der Waals surface area (Å²) in [4.78, 5) is 12.5. The molecule has 0 aromatic heterocycles. The fourth-order valence-corrected chi connectivity index (χ4v) is 2.33. The van der Waals surface area contributed by atoms with Crippen LogP contribution in [0.15, 0.2) is 60.7 Å². The zero-order valence-electron chi connectivity index (χ0n) is 12.0. The predicted molar refractivity (Wildman–Crippen MR) is 92.2 cm³/mol. The van der Waals surface area contributed by atoms with Crippen molar-refractivity contribution in [2.75, 3.05) is 0 Å². The molecule has 4 heteroatoms. The number of hydrogen-bond acceptors (Lipinski definition) is 4. The van der Waals surface area contributed by atoms with Crippen LogP contribution in [0.2, 0.25) is 0 Å². The highest BCUT2D eigenvalue weighted by Gasteiger charge is 2.48. The van der Waals surface area contributed by atoms with E-state index in [0.717, 1.165) is 5.56 Å². The van der Waals surface area contributed by atoms with Crippen molar-refractivity contribution in [3.63, 3.8) is 0 Å². The molecular formula is C17H18O2S2. The summed E-state index contributed by atoms with van der Waals surface area (Å²) >= 11 is 8.99.